The van der Waals surface area contributed by atoms with Crippen molar-refractivity contribution in [2.45, 2.75) is 33.4 Å². The van der Waals surface area contributed by atoms with Crippen LogP contribution in [0.25, 0.3) is 10.8 Å². The van der Waals surface area contributed by atoms with E-state index in [0.717, 1.165) is 33.3 Å². The van der Waals surface area contributed by atoms with Crippen LogP contribution in [0.1, 0.15) is 30.7 Å². The van der Waals surface area contributed by atoms with Gasteiger partial charge < -0.3 is 15.1 Å². The summed E-state index contributed by atoms with van der Waals surface area (Å²) in [7, 11) is 0. The van der Waals surface area contributed by atoms with Gasteiger partial charge in [0, 0.05) is 23.4 Å². The molecule has 0 spiro atoms. The van der Waals surface area contributed by atoms with E-state index in [1.54, 1.807) is 16.2 Å². The molecule has 0 radical (unpaired) electrons. The lowest BCUT2D eigenvalue weighted by molar-refractivity contribution is -0.133. The molecule has 0 saturated carbocycles. The molecular weight excluding hydrogens is 466 g/mol. The van der Waals surface area contributed by atoms with E-state index >= 15 is 0 Å². The topological polar surface area (TPSA) is 52.7 Å². The molecule has 0 bridgehead atoms. The van der Waals surface area contributed by atoms with Crippen molar-refractivity contribution in [3.05, 3.63) is 101 Å². The third-order valence-electron chi connectivity index (χ3n) is 6.37. The number of hydrogen-bond acceptors (Lipinski definition) is 3. The number of fused-ring (bicyclic) bond motifs is 1. The second-order valence-electron chi connectivity index (χ2n) is 9.17. The van der Waals surface area contributed by atoms with E-state index in [2.05, 4.69) is 19.2 Å². The van der Waals surface area contributed by atoms with Gasteiger partial charge >= 0.3 is 6.03 Å². The van der Waals surface area contributed by atoms with Crippen molar-refractivity contribution < 1.29 is 9.59 Å². The minimum atomic E-state index is -0.254. The molecule has 1 N–H and O–H groups in total. The van der Waals surface area contributed by atoms with Crippen LogP contribution in [0.4, 0.5) is 10.5 Å². The van der Waals surface area contributed by atoms with Gasteiger partial charge in [0.15, 0.2) is 0 Å². The van der Waals surface area contributed by atoms with Crippen molar-refractivity contribution in [1.82, 2.24) is 9.80 Å². The van der Waals surface area contributed by atoms with Gasteiger partial charge in [0.25, 0.3) is 0 Å². The first-order valence-corrected chi connectivity index (χ1v) is 13.3. The van der Waals surface area contributed by atoms with Crippen molar-refractivity contribution in [1.29, 1.82) is 0 Å². The molecule has 36 heavy (non-hydrogen) atoms. The maximum absolute atomic E-state index is 13.6. The standard InChI is InChI=1S/C30H33N3O2S/c1-3-23(2)19-33(30(35)31-28-17-9-14-25-13-7-8-16-27(25)28)22-29(34)32(21-26-15-10-18-36-26)20-24-11-5-4-6-12-24/h4-18,23H,3,19-22H2,1-2H3,(H,31,35). The van der Waals surface area contributed by atoms with Crippen LogP contribution in [0, 0.1) is 5.92 Å². The molecule has 6 heteroatoms. The smallest absolute Gasteiger partial charge is 0.322 e. The Morgan fingerprint density at radius 3 is 2.36 bits per heavy atom. The number of urea groups is 1. The number of nitrogens with one attached hydrogen (secondary N) is 1. The molecule has 0 aliphatic heterocycles. The Hall–Kier alpha value is -3.64. The third kappa shape index (κ3) is 6.73. The van der Waals surface area contributed by atoms with E-state index < -0.39 is 0 Å². The Kier molecular flexibility index (Phi) is 8.74. The van der Waals surface area contributed by atoms with Crippen LogP contribution in [0.2, 0.25) is 0 Å². The van der Waals surface area contributed by atoms with E-state index in [4.69, 9.17) is 0 Å². The molecule has 1 heterocycles. The Bertz CT molecular complexity index is 1270. The zero-order chi connectivity index (χ0) is 25.3. The van der Waals surface area contributed by atoms with Crippen molar-refractivity contribution in [2.24, 2.45) is 5.92 Å². The highest BCUT2D eigenvalue weighted by Crippen LogP contribution is 2.24. The number of amides is 3. The average Bonchev–Trinajstić information content (AvgIpc) is 3.42. The predicted octanol–water partition coefficient (Wildman–Crippen LogP) is 7.01. The predicted molar refractivity (Wildman–Crippen MR) is 149 cm³/mol. The van der Waals surface area contributed by atoms with Gasteiger partial charge in [-0.25, -0.2) is 4.79 Å². The summed E-state index contributed by atoms with van der Waals surface area (Å²) in [6.45, 7) is 5.77. The summed E-state index contributed by atoms with van der Waals surface area (Å²) < 4.78 is 0. The lowest BCUT2D eigenvalue weighted by Gasteiger charge is -2.29. The molecule has 4 rings (SSSR count). The molecule has 4 aromatic rings. The summed E-state index contributed by atoms with van der Waals surface area (Å²) in [5.41, 5.74) is 1.82. The molecule has 0 fully saturated rings. The lowest BCUT2D eigenvalue weighted by Crippen LogP contribution is -2.45. The zero-order valence-corrected chi connectivity index (χ0v) is 21.7. The normalized spacial score (nSPS) is 11.7. The van der Waals surface area contributed by atoms with Crippen molar-refractivity contribution in [2.75, 3.05) is 18.4 Å². The number of rotatable bonds is 10. The Morgan fingerprint density at radius 1 is 0.861 bits per heavy atom. The van der Waals surface area contributed by atoms with E-state index in [9.17, 15) is 9.59 Å². The van der Waals surface area contributed by atoms with Crippen molar-refractivity contribution >= 4 is 39.7 Å². The Morgan fingerprint density at radius 2 is 1.61 bits per heavy atom. The molecule has 3 amide bonds. The fraction of sp³-hybridized carbons (Fsp3) is 0.267. The fourth-order valence-electron chi connectivity index (χ4n) is 4.14. The van der Waals surface area contributed by atoms with Crippen molar-refractivity contribution in [3.63, 3.8) is 0 Å². The van der Waals surface area contributed by atoms with Crippen LogP contribution in [0.3, 0.4) is 0 Å². The summed E-state index contributed by atoms with van der Waals surface area (Å²) in [5.74, 6) is 0.208. The van der Waals surface area contributed by atoms with Crippen LogP contribution in [-0.2, 0) is 17.9 Å². The van der Waals surface area contributed by atoms with Gasteiger partial charge in [0.05, 0.1) is 12.2 Å². The van der Waals surface area contributed by atoms with Gasteiger partial charge in [-0.3, -0.25) is 4.79 Å². The molecule has 0 saturated heterocycles. The highest BCUT2D eigenvalue weighted by molar-refractivity contribution is 7.09. The SMILES string of the molecule is CCC(C)CN(CC(=O)N(Cc1ccccc1)Cc1cccs1)C(=O)Nc1cccc2ccccc12. The van der Waals surface area contributed by atoms with E-state index in [1.807, 2.05) is 95.2 Å². The number of thiophene rings is 1. The molecule has 3 aromatic carbocycles. The van der Waals surface area contributed by atoms with Crippen LogP contribution >= 0.6 is 11.3 Å². The van der Waals surface area contributed by atoms with E-state index in [-0.39, 0.29) is 24.4 Å². The summed E-state index contributed by atoms with van der Waals surface area (Å²) >= 11 is 1.63. The minimum absolute atomic E-state index is 0.0269. The van der Waals surface area contributed by atoms with Crippen LogP contribution in [-0.4, -0.2) is 34.8 Å². The number of nitrogens with zero attached hydrogens (tertiary/aromatic N) is 2. The number of hydrogen-bond donors (Lipinski definition) is 1. The number of anilines is 1. The zero-order valence-electron chi connectivity index (χ0n) is 20.9. The quantitative estimate of drug-likeness (QED) is 0.255. The highest BCUT2D eigenvalue weighted by Gasteiger charge is 2.24. The minimum Gasteiger partial charge on any atom is -0.332 e. The summed E-state index contributed by atoms with van der Waals surface area (Å²) in [6.07, 6.45) is 0.926. The largest absolute Gasteiger partial charge is 0.332 e. The number of benzene rings is 3. The molecule has 1 atom stereocenters. The molecule has 5 nitrogen and oxygen atoms in total. The molecule has 1 aromatic heterocycles. The number of carbonyl (C=O) groups is 2. The third-order valence-corrected chi connectivity index (χ3v) is 7.23. The second-order valence-corrected chi connectivity index (χ2v) is 10.2. The monoisotopic (exact) mass is 499 g/mol. The Labute approximate surface area is 217 Å². The average molecular weight is 500 g/mol. The van der Waals surface area contributed by atoms with Gasteiger partial charge in [-0.2, -0.15) is 0 Å². The van der Waals surface area contributed by atoms with Gasteiger partial charge in [0.2, 0.25) is 5.91 Å². The van der Waals surface area contributed by atoms with Crippen LogP contribution < -0.4 is 5.32 Å². The highest BCUT2D eigenvalue weighted by atomic mass is 32.1. The van der Waals surface area contributed by atoms with Gasteiger partial charge in [-0.15, -0.1) is 11.3 Å². The summed E-state index contributed by atoms with van der Waals surface area (Å²) in [5, 5.41) is 7.13. The maximum atomic E-state index is 13.6. The van der Waals surface area contributed by atoms with Crippen molar-refractivity contribution in [3.8, 4) is 0 Å². The first-order chi connectivity index (χ1) is 17.5. The summed E-state index contributed by atoms with van der Waals surface area (Å²) in [4.78, 5) is 31.7. The Balaban J connectivity index is 1.54. The fourth-order valence-corrected chi connectivity index (χ4v) is 4.86. The van der Waals surface area contributed by atoms with Gasteiger partial charge in [-0.1, -0.05) is 93.1 Å². The second kappa shape index (κ2) is 12.4. The van der Waals surface area contributed by atoms with Crippen LogP contribution in [0.15, 0.2) is 90.3 Å². The first kappa shape index (κ1) is 25.5. The summed E-state index contributed by atoms with van der Waals surface area (Å²) in [6, 6.07) is 27.6. The maximum Gasteiger partial charge on any atom is 0.322 e. The lowest BCUT2D eigenvalue weighted by atomic mass is 10.1. The van der Waals surface area contributed by atoms with Crippen LogP contribution in [0.5, 0.6) is 0 Å². The molecular formula is C30H33N3O2S. The first-order valence-electron chi connectivity index (χ1n) is 12.4. The molecule has 1 unspecified atom stereocenters. The molecule has 0 aliphatic rings. The molecule has 186 valence electrons. The number of carbonyl (C=O) groups excluding carboxylic acids is 2. The van der Waals surface area contributed by atoms with Gasteiger partial charge in [-0.05, 0) is 34.4 Å². The van der Waals surface area contributed by atoms with E-state index in [0.29, 0.717) is 19.6 Å². The van der Waals surface area contributed by atoms with E-state index in [1.165, 1.54) is 0 Å². The molecule has 0 aliphatic carbocycles. The van der Waals surface area contributed by atoms with Gasteiger partial charge in [0.1, 0.15) is 6.54 Å².